The van der Waals surface area contributed by atoms with Crippen molar-refractivity contribution in [1.29, 1.82) is 0 Å². The summed E-state index contributed by atoms with van der Waals surface area (Å²) in [6.45, 7) is 4.43. The maximum Gasteiger partial charge on any atom is 0.00906 e. The molecule has 0 aliphatic heterocycles. The summed E-state index contributed by atoms with van der Waals surface area (Å²) in [6.07, 6.45) is 2.84. The predicted molar refractivity (Wildman–Crippen MR) is 31.8 cm³/mol. The standard InChI is InChI=1S/C4H9NS/c1-2-3-4-5-6/h2,5-6H,1,3-4H2. The molecule has 1 nitrogen and oxygen atoms in total. The van der Waals surface area contributed by atoms with Crippen LogP contribution >= 0.6 is 12.8 Å². The monoisotopic (exact) mass is 103 g/mol. The molecule has 0 saturated heterocycles. The Kier molecular flexibility index (Phi) is 5.09. The van der Waals surface area contributed by atoms with Crippen LogP contribution in [0.2, 0.25) is 0 Å². The van der Waals surface area contributed by atoms with Gasteiger partial charge in [0.2, 0.25) is 0 Å². The zero-order chi connectivity index (χ0) is 4.83. The van der Waals surface area contributed by atoms with Crippen LogP contribution in [-0.2, 0) is 0 Å². The highest BCUT2D eigenvalue weighted by Gasteiger charge is 1.69. The minimum Gasteiger partial charge on any atom is -0.267 e. The smallest absolute Gasteiger partial charge is 0.00906 e. The summed E-state index contributed by atoms with van der Waals surface area (Å²) in [5.41, 5.74) is 0. The van der Waals surface area contributed by atoms with E-state index in [1.54, 1.807) is 0 Å². The molecule has 0 rings (SSSR count). The normalized spacial score (nSPS) is 8.17. The Balaban J connectivity index is 2.49. The van der Waals surface area contributed by atoms with Crippen molar-refractivity contribution in [2.24, 2.45) is 0 Å². The van der Waals surface area contributed by atoms with E-state index in [0.29, 0.717) is 0 Å². The van der Waals surface area contributed by atoms with Crippen LogP contribution in [0.3, 0.4) is 0 Å². The van der Waals surface area contributed by atoms with Crippen molar-refractivity contribution in [3.05, 3.63) is 12.7 Å². The lowest BCUT2D eigenvalue weighted by atomic mass is 10.4. The molecule has 2 heteroatoms. The first-order valence-corrected chi connectivity index (χ1v) is 2.34. The predicted octanol–water partition coefficient (Wildman–Crippen LogP) is 0.997. The second-order valence-electron chi connectivity index (χ2n) is 0.985. The Morgan fingerprint density at radius 3 is 2.67 bits per heavy atom. The molecule has 1 N–H and O–H groups in total. The first-order valence-electron chi connectivity index (χ1n) is 1.89. The van der Waals surface area contributed by atoms with E-state index in [1.807, 2.05) is 6.08 Å². The van der Waals surface area contributed by atoms with Crippen LogP contribution in [-0.4, -0.2) is 6.54 Å². The van der Waals surface area contributed by atoms with Crippen molar-refractivity contribution < 1.29 is 0 Å². The third kappa shape index (κ3) is 4.05. The fraction of sp³-hybridized carbons (Fsp3) is 0.500. The number of hydrogen-bond donors (Lipinski definition) is 2. The van der Waals surface area contributed by atoms with Crippen LogP contribution < -0.4 is 4.72 Å². The number of hydrogen-bond acceptors (Lipinski definition) is 2. The third-order valence-electron chi connectivity index (χ3n) is 0.460. The van der Waals surface area contributed by atoms with E-state index in [9.17, 15) is 0 Å². The fourth-order valence-corrected chi connectivity index (χ4v) is 0.296. The van der Waals surface area contributed by atoms with Gasteiger partial charge in [0.15, 0.2) is 0 Å². The van der Waals surface area contributed by atoms with Crippen LogP contribution in [0.5, 0.6) is 0 Å². The molecule has 0 atom stereocenters. The Bertz CT molecular complexity index is 36.5. The molecule has 0 radical (unpaired) electrons. The summed E-state index contributed by atoms with van der Waals surface area (Å²) in [6, 6.07) is 0. The van der Waals surface area contributed by atoms with E-state index >= 15 is 0 Å². The zero-order valence-corrected chi connectivity index (χ0v) is 4.54. The van der Waals surface area contributed by atoms with Gasteiger partial charge >= 0.3 is 0 Å². The van der Waals surface area contributed by atoms with Gasteiger partial charge in [0.05, 0.1) is 0 Å². The van der Waals surface area contributed by atoms with Gasteiger partial charge in [0.1, 0.15) is 0 Å². The molecule has 6 heavy (non-hydrogen) atoms. The number of rotatable bonds is 3. The average molecular weight is 103 g/mol. The van der Waals surface area contributed by atoms with Crippen molar-refractivity contribution in [3.63, 3.8) is 0 Å². The van der Waals surface area contributed by atoms with Gasteiger partial charge in [0.25, 0.3) is 0 Å². The van der Waals surface area contributed by atoms with Crippen LogP contribution in [0.25, 0.3) is 0 Å². The second-order valence-corrected chi connectivity index (χ2v) is 1.30. The molecule has 0 unspecified atom stereocenters. The van der Waals surface area contributed by atoms with E-state index in [2.05, 4.69) is 24.1 Å². The van der Waals surface area contributed by atoms with Crippen LogP contribution in [0, 0.1) is 0 Å². The van der Waals surface area contributed by atoms with Gasteiger partial charge in [-0.1, -0.05) is 18.9 Å². The minimum absolute atomic E-state index is 0.909. The SMILES string of the molecule is C=CCCNS. The van der Waals surface area contributed by atoms with Crippen LogP contribution in [0.1, 0.15) is 6.42 Å². The van der Waals surface area contributed by atoms with E-state index in [0.717, 1.165) is 13.0 Å². The van der Waals surface area contributed by atoms with Crippen LogP contribution in [0.4, 0.5) is 0 Å². The summed E-state index contributed by atoms with van der Waals surface area (Å²) in [5.74, 6) is 0. The molecular weight excluding hydrogens is 94.1 g/mol. The molecule has 0 fully saturated rings. The summed E-state index contributed by atoms with van der Waals surface area (Å²) in [5, 5.41) is 0. The Morgan fingerprint density at radius 1 is 1.83 bits per heavy atom. The molecule has 0 aromatic heterocycles. The molecular formula is C4H9NS. The largest absolute Gasteiger partial charge is 0.267 e. The van der Waals surface area contributed by atoms with E-state index < -0.39 is 0 Å². The Morgan fingerprint density at radius 2 is 2.50 bits per heavy atom. The molecule has 0 aromatic carbocycles. The summed E-state index contributed by atoms with van der Waals surface area (Å²) in [4.78, 5) is 0. The maximum absolute atomic E-state index is 3.76. The molecule has 0 spiro atoms. The molecule has 0 aliphatic carbocycles. The lowest BCUT2D eigenvalue weighted by Gasteiger charge is -1.85. The van der Waals surface area contributed by atoms with Crippen molar-refractivity contribution >= 4 is 12.8 Å². The number of nitrogens with one attached hydrogen (secondary N) is 1. The minimum atomic E-state index is 0.909. The van der Waals surface area contributed by atoms with Crippen molar-refractivity contribution in [3.8, 4) is 0 Å². The second kappa shape index (κ2) is 5.05. The van der Waals surface area contributed by atoms with E-state index in [4.69, 9.17) is 0 Å². The van der Waals surface area contributed by atoms with E-state index in [-0.39, 0.29) is 0 Å². The van der Waals surface area contributed by atoms with Crippen LogP contribution in [0.15, 0.2) is 12.7 Å². The highest BCUT2D eigenvalue weighted by molar-refractivity contribution is 7.78. The molecule has 0 aliphatic rings. The maximum atomic E-state index is 3.76. The van der Waals surface area contributed by atoms with Gasteiger partial charge < -0.3 is 0 Å². The van der Waals surface area contributed by atoms with Gasteiger partial charge in [-0.15, -0.1) is 6.58 Å². The van der Waals surface area contributed by atoms with Gasteiger partial charge in [-0.25, -0.2) is 0 Å². The highest BCUT2D eigenvalue weighted by atomic mass is 32.1. The fourth-order valence-electron chi connectivity index (χ4n) is 0.167. The van der Waals surface area contributed by atoms with Crippen molar-refractivity contribution in [1.82, 2.24) is 4.72 Å². The van der Waals surface area contributed by atoms with Gasteiger partial charge in [-0.2, -0.15) is 0 Å². The highest BCUT2D eigenvalue weighted by Crippen LogP contribution is 1.73. The Labute approximate surface area is 44.0 Å². The lowest BCUT2D eigenvalue weighted by Crippen LogP contribution is -1.97. The van der Waals surface area contributed by atoms with Crippen molar-refractivity contribution in [2.75, 3.05) is 6.54 Å². The third-order valence-corrected chi connectivity index (χ3v) is 0.684. The molecule has 0 heterocycles. The average Bonchev–Trinajstić information content (AvgIpc) is 1.61. The molecule has 36 valence electrons. The molecule has 0 saturated carbocycles. The summed E-state index contributed by atoms with van der Waals surface area (Å²) < 4.78 is 2.69. The van der Waals surface area contributed by atoms with E-state index in [1.165, 1.54) is 0 Å². The summed E-state index contributed by atoms with van der Waals surface area (Å²) >= 11 is 3.76. The van der Waals surface area contributed by atoms with Gasteiger partial charge in [-0.3, -0.25) is 4.72 Å². The lowest BCUT2D eigenvalue weighted by molar-refractivity contribution is 0.946. The molecule has 0 amide bonds. The first-order chi connectivity index (χ1) is 2.91. The number of thiol groups is 1. The summed E-state index contributed by atoms with van der Waals surface area (Å²) in [7, 11) is 0. The molecule has 0 bridgehead atoms. The van der Waals surface area contributed by atoms with Gasteiger partial charge in [-0.05, 0) is 6.42 Å². The zero-order valence-electron chi connectivity index (χ0n) is 3.65. The Hall–Kier alpha value is 0.0500. The molecule has 0 aromatic rings. The van der Waals surface area contributed by atoms with Gasteiger partial charge in [0, 0.05) is 6.54 Å². The first kappa shape index (κ1) is 6.05. The quantitative estimate of drug-likeness (QED) is 0.308. The van der Waals surface area contributed by atoms with Crippen molar-refractivity contribution in [2.45, 2.75) is 6.42 Å². The topological polar surface area (TPSA) is 12.0 Å².